The lowest BCUT2D eigenvalue weighted by Crippen LogP contribution is -2.35. The van der Waals surface area contributed by atoms with Crippen molar-refractivity contribution in [3.05, 3.63) is 69.8 Å². The van der Waals surface area contributed by atoms with E-state index in [2.05, 4.69) is 10.5 Å². The zero-order valence-electron chi connectivity index (χ0n) is 16.4. The third-order valence-electron chi connectivity index (χ3n) is 4.85. The maximum Gasteiger partial charge on any atom is 0.271 e. The lowest BCUT2D eigenvalue weighted by Gasteiger charge is -2.25. The summed E-state index contributed by atoms with van der Waals surface area (Å²) in [7, 11) is -3.65. The zero-order chi connectivity index (χ0) is 21.7. The Balaban J connectivity index is 1.76. The molecule has 1 heterocycles. The van der Waals surface area contributed by atoms with Crippen LogP contribution in [0.1, 0.15) is 42.1 Å². The number of hydrazone groups is 1. The smallest absolute Gasteiger partial charge is 0.267 e. The van der Waals surface area contributed by atoms with Gasteiger partial charge in [-0.25, -0.2) is 13.8 Å². The maximum absolute atomic E-state index is 12.8. The van der Waals surface area contributed by atoms with Gasteiger partial charge in [-0.15, -0.1) is 0 Å². The van der Waals surface area contributed by atoms with E-state index in [1.165, 1.54) is 46.8 Å². The Morgan fingerprint density at radius 2 is 1.73 bits per heavy atom. The monoisotopic (exact) mass is 430 g/mol. The van der Waals surface area contributed by atoms with Crippen LogP contribution >= 0.6 is 0 Å². The van der Waals surface area contributed by atoms with Crippen molar-refractivity contribution in [2.45, 2.75) is 31.1 Å². The number of amides is 1. The average molecular weight is 430 g/mol. The summed E-state index contributed by atoms with van der Waals surface area (Å²) in [5, 5.41) is 14.9. The molecule has 0 spiro atoms. The van der Waals surface area contributed by atoms with E-state index in [1.807, 2.05) is 0 Å². The van der Waals surface area contributed by atoms with Crippen LogP contribution in [0.4, 0.5) is 5.69 Å². The summed E-state index contributed by atoms with van der Waals surface area (Å²) in [6, 6.07) is 11.7. The Kier molecular flexibility index (Phi) is 6.58. The van der Waals surface area contributed by atoms with E-state index in [0.717, 1.165) is 19.3 Å². The first-order valence-corrected chi connectivity index (χ1v) is 10.9. The molecule has 0 unspecified atom stereocenters. The zero-order valence-corrected chi connectivity index (χ0v) is 17.3. The van der Waals surface area contributed by atoms with Crippen molar-refractivity contribution >= 4 is 27.3 Å². The van der Waals surface area contributed by atoms with Gasteiger partial charge in [-0.1, -0.05) is 24.6 Å². The molecule has 1 fully saturated rings. The van der Waals surface area contributed by atoms with E-state index in [-0.39, 0.29) is 16.1 Å². The van der Waals surface area contributed by atoms with Gasteiger partial charge in [0.15, 0.2) is 0 Å². The Labute approximate surface area is 174 Å². The van der Waals surface area contributed by atoms with E-state index in [4.69, 9.17) is 0 Å². The van der Waals surface area contributed by atoms with Gasteiger partial charge in [0.1, 0.15) is 0 Å². The first-order chi connectivity index (χ1) is 14.3. The van der Waals surface area contributed by atoms with Gasteiger partial charge < -0.3 is 0 Å². The lowest BCUT2D eigenvalue weighted by atomic mass is 10.1. The predicted octanol–water partition coefficient (Wildman–Crippen LogP) is 2.92. The summed E-state index contributed by atoms with van der Waals surface area (Å²) in [5.41, 5.74) is 3.32. The molecule has 30 heavy (non-hydrogen) atoms. The number of non-ortho nitro benzene ring substituents is 1. The van der Waals surface area contributed by atoms with Gasteiger partial charge in [-0.3, -0.25) is 14.9 Å². The number of carbonyl (C=O) groups is 1. The van der Waals surface area contributed by atoms with Crippen LogP contribution in [0.15, 0.2) is 58.5 Å². The van der Waals surface area contributed by atoms with Gasteiger partial charge >= 0.3 is 0 Å². The molecular weight excluding hydrogens is 408 g/mol. The number of nitro benzene ring substituents is 1. The Morgan fingerprint density at radius 3 is 2.43 bits per heavy atom. The molecular formula is C20H22N4O5S. The van der Waals surface area contributed by atoms with Crippen molar-refractivity contribution in [1.29, 1.82) is 0 Å². The second kappa shape index (κ2) is 9.14. The highest BCUT2D eigenvalue weighted by Crippen LogP contribution is 2.21. The number of carbonyl (C=O) groups excluding carboxylic acids is 1. The number of hydrogen-bond donors (Lipinski definition) is 1. The molecule has 158 valence electrons. The molecule has 10 heteroatoms. The molecule has 0 bridgehead atoms. The number of rotatable bonds is 6. The molecule has 0 saturated carbocycles. The molecule has 0 aliphatic carbocycles. The number of sulfonamides is 1. The average Bonchev–Trinajstić information content (AvgIpc) is 2.78. The number of benzene rings is 2. The molecule has 3 rings (SSSR count). The fourth-order valence-corrected chi connectivity index (χ4v) is 4.72. The van der Waals surface area contributed by atoms with Crippen molar-refractivity contribution in [3.63, 3.8) is 0 Å². The largest absolute Gasteiger partial charge is 0.271 e. The molecule has 2 aromatic rings. The van der Waals surface area contributed by atoms with Gasteiger partial charge in [-0.2, -0.15) is 9.41 Å². The molecule has 0 atom stereocenters. The molecule has 0 radical (unpaired) electrons. The third kappa shape index (κ3) is 4.89. The van der Waals surface area contributed by atoms with E-state index in [0.29, 0.717) is 24.4 Å². The van der Waals surface area contributed by atoms with Crippen LogP contribution in [0, 0.1) is 10.1 Å². The van der Waals surface area contributed by atoms with Crippen molar-refractivity contribution in [2.24, 2.45) is 5.10 Å². The predicted molar refractivity (Wildman–Crippen MR) is 112 cm³/mol. The van der Waals surface area contributed by atoms with Crippen LogP contribution in [0.3, 0.4) is 0 Å². The Hall–Kier alpha value is -3.11. The van der Waals surface area contributed by atoms with E-state index < -0.39 is 20.9 Å². The van der Waals surface area contributed by atoms with Crippen LogP contribution in [0.25, 0.3) is 0 Å². The van der Waals surface area contributed by atoms with Crippen LogP contribution < -0.4 is 5.43 Å². The van der Waals surface area contributed by atoms with Gasteiger partial charge in [-0.05, 0) is 38.0 Å². The molecule has 1 aliphatic rings. The molecule has 9 nitrogen and oxygen atoms in total. The van der Waals surface area contributed by atoms with E-state index in [9.17, 15) is 23.3 Å². The van der Waals surface area contributed by atoms with E-state index >= 15 is 0 Å². The summed E-state index contributed by atoms with van der Waals surface area (Å²) in [5.74, 6) is -0.574. The normalized spacial score (nSPS) is 15.6. The van der Waals surface area contributed by atoms with Crippen LogP contribution in [-0.2, 0) is 10.0 Å². The lowest BCUT2D eigenvalue weighted by molar-refractivity contribution is -0.384. The van der Waals surface area contributed by atoms with Crippen molar-refractivity contribution in [1.82, 2.24) is 9.73 Å². The van der Waals surface area contributed by atoms with Crippen molar-refractivity contribution < 1.29 is 18.1 Å². The second-order valence-electron chi connectivity index (χ2n) is 6.94. The Morgan fingerprint density at radius 1 is 1.07 bits per heavy atom. The highest BCUT2D eigenvalue weighted by Gasteiger charge is 2.26. The second-order valence-corrected chi connectivity index (χ2v) is 8.88. The fourth-order valence-electron chi connectivity index (χ4n) is 3.16. The van der Waals surface area contributed by atoms with Crippen LogP contribution in [-0.4, -0.2) is 42.4 Å². The van der Waals surface area contributed by atoms with Gasteiger partial charge in [0, 0.05) is 36.3 Å². The highest BCUT2D eigenvalue weighted by atomic mass is 32.2. The van der Waals surface area contributed by atoms with E-state index in [1.54, 1.807) is 13.0 Å². The minimum Gasteiger partial charge on any atom is -0.267 e. The Bertz CT molecular complexity index is 1090. The molecule has 1 aliphatic heterocycles. The minimum absolute atomic E-state index is 0.0661. The summed E-state index contributed by atoms with van der Waals surface area (Å²) in [4.78, 5) is 22.9. The number of nitrogens with one attached hydrogen (secondary N) is 1. The fraction of sp³-hybridized carbons (Fsp3) is 0.300. The minimum atomic E-state index is -3.65. The van der Waals surface area contributed by atoms with Gasteiger partial charge in [0.05, 0.1) is 15.5 Å². The summed E-state index contributed by atoms with van der Waals surface area (Å²) in [6.07, 6.45) is 2.66. The topological polar surface area (TPSA) is 122 Å². The molecule has 1 amide bonds. The van der Waals surface area contributed by atoms with Crippen LogP contribution in [0.5, 0.6) is 0 Å². The quantitative estimate of drug-likeness (QED) is 0.429. The number of nitrogens with zero attached hydrogens (tertiary/aromatic N) is 3. The third-order valence-corrected chi connectivity index (χ3v) is 6.74. The summed E-state index contributed by atoms with van der Waals surface area (Å²) in [6.45, 7) is 2.56. The first kappa shape index (κ1) is 21.6. The number of piperidine rings is 1. The number of nitro groups is 1. The van der Waals surface area contributed by atoms with Crippen molar-refractivity contribution in [2.75, 3.05) is 13.1 Å². The van der Waals surface area contributed by atoms with Gasteiger partial charge in [0.2, 0.25) is 10.0 Å². The summed E-state index contributed by atoms with van der Waals surface area (Å²) < 4.78 is 27.1. The van der Waals surface area contributed by atoms with Crippen LogP contribution in [0.2, 0.25) is 0 Å². The van der Waals surface area contributed by atoms with Gasteiger partial charge in [0.25, 0.3) is 11.6 Å². The summed E-state index contributed by atoms with van der Waals surface area (Å²) >= 11 is 0. The maximum atomic E-state index is 12.8. The van der Waals surface area contributed by atoms with Crippen molar-refractivity contribution in [3.8, 4) is 0 Å². The number of hydrogen-bond acceptors (Lipinski definition) is 6. The standard InChI is InChI=1S/C20H22N4O5S/c1-15(16-7-5-9-18(13-16)24(26)27)21-22-20(25)17-8-6-10-19(14-17)30(28,29)23-11-3-2-4-12-23/h5-10,13-14H,2-4,11-12H2,1H3,(H,22,25)/b21-15+. The SMILES string of the molecule is C/C(=N\NC(=O)c1cccc(S(=O)(=O)N2CCCCC2)c1)c1cccc([N+](=O)[O-])c1. The highest BCUT2D eigenvalue weighted by molar-refractivity contribution is 7.89. The molecule has 1 N–H and O–H groups in total. The molecule has 1 saturated heterocycles. The molecule has 0 aromatic heterocycles. The molecule has 2 aromatic carbocycles. The first-order valence-electron chi connectivity index (χ1n) is 9.49.